The Morgan fingerprint density at radius 3 is 1.68 bits per heavy atom. The number of terminal acetylenes is 2. The molecule has 0 spiro atoms. The predicted octanol–water partition coefficient (Wildman–Crippen LogP) is -16.9. The summed E-state index contributed by atoms with van der Waals surface area (Å²) in [5, 5.41) is 5.22. The minimum Gasteiger partial charge on any atom is -0.123 e. The van der Waals surface area contributed by atoms with Gasteiger partial charge in [0, 0.05) is 5.56 Å². The lowest BCUT2D eigenvalue weighted by molar-refractivity contribution is 1.24. The lowest BCUT2D eigenvalue weighted by Gasteiger charge is -2.33. The Hall–Kier alpha value is -4.46. The van der Waals surface area contributed by atoms with Crippen molar-refractivity contribution in [3.05, 3.63) is 103 Å². The maximum Gasteiger partial charge on any atom is 0.149 e. The molecule has 1 aliphatic carbocycles. The van der Waals surface area contributed by atoms with E-state index >= 15 is 0 Å². The quantitative estimate of drug-likeness (QED) is 0.120. The normalized spacial score (nSPS) is 14.2. The molecule has 6 rings (SSSR count). The number of allylic oxidation sites excluding steroid dienone is 5. The molecular weight excluding hydrogens is 688 g/mol. The van der Waals surface area contributed by atoms with E-state index in [-0.39, 0.29) is 0 Å². The minimum absolute atomic E-state index is 0.759. The Bertz CT molecular complexity index is 2990. The van der Waals surface area contributed by atoms with Gasteiger partial charge in [0.05, 0.1) is 0 Å². The Labute approximate surface area is 370 Å². The van der Waals surface area contributed by atoms with E-state index in [0.29, 0.717) is 0 Å². The van der Waals surface area contributed by atoms with Crippen molar-refractivity contribution >= 4 is 221 Å². The molecule has 0 fully saturated rings. The van der Waals surface area contributed by atoms with Gasteiger partial charge < -0.3 is 0 Å². The summed E-state index contributed by atoms with van der Waals surface area (Å²) in [4.78, 5) is 0. The van der Waals surface area contributed by atoms with Crippen molar-refractivity contribution < 1.29 is 0 Å². The zero-order chi connectivity index (χ0) is 43.5. The second-order valence-electron chi connectivity index (χ2n) is 17.5. The van der Waals surface area contributed by atoms with Gasteiger partial charge >= 0.3 is 0 Å². The molecule has 0 aliphatic heterocycles. The van der Waals surface area contributed by atoms with E-state index < -0.39 is 0 Å². The monoisotopic (exact) mass is 739 g/mol. The summed E-state index contributed by atoms with van der Waals surface area (Å²) in [5.74, 6) is 6.32. The molecule has 59 heavy (non-hydrogen) atoms. The summed E-state index contributed by atoms with van der Waals surface area (Å²) >= 11 is 0. The molecule has 0 heterocycles. The van der Waals surface area contributed by atoms with Crippen LogP contribution in [0, 0.1) is 24.7 Å². The molecule has 0 unspecified atom stereocenters. The average Bonchev–Trinajstić information content (AvgIpc) is 3.24. The first kappa shape index (κ1) is 44.1. The second-order valence-corrected chi connectivity index (χ2v) is 17.5. The number of fused-ring (bicyclic) bond motifs is 2. The molecule has 0 amide bonds. The topological polar surface area (TPSA) is 0 Å². The summed E-state index contributed by atoms with van der Waals surface area (Å²) < 4.78 is 0. The Morgan fingerprint density at radius 2 is 1.10 bits per heavy atom. The minimum atomic E-state index is 0.759. The van der Waals surface area contributed by atoms with Gasteiger partial charge in [-0.05, 0) is 77.6 Å². The molecule has 0 saturated heterocycles. The lowest BCUT2D eigenvalue weighted by atomic mass is 9.57. The van der Waals surface area contributed by atoms with Gasteiger partial charge in [0.15, 0.2) is 0 Å². The van der Waals surface area contributed by atoms with Gasteiger partial charge in [-0.3, -0.25) is 0 Å². The highest BCUT2D eigenvalue weighted by Crippen LogP contribution is 2.36. The molecule has 0 radical (unpaired) electrons. The van der Waals surface area contributed by atoms with Crippen molar-refractivity contribution in [1.82, 2.24) is 0 Å². The molecule has 0 saturated carbocycles. The Morgan fingerprint density at radius 1 is 0.576 bits per heavy atom. The fourth-order valence-corrected chi connectivity index (χ4v) is 10.1. The fraction of sp³-hybridized carbons (Fsp3) is 0.0476. The van der Waals surface area contributed by atoms with Crippen LogP contribution in [0.5, 0.6) is 0 Å². The van der Waals surface area contributed by atoms with Crippen LogP contribution in [-0.2, 0) is 0 Å². The first-order chi connectivity index (χ1) is 27.9. The van der Waals surface area contributed by atoms with Gasteiger partial charge in [-0.1, -0.05) is 121 Å². The standard InChI is InChI=1S/C42H47B17/c1-3-15-23(32(49)40(57)38(55)25(15)30(47)21(45)13-43)22-19(29(46)31(48)20(44)4-2)12-18(24-28(22)39(56)42(59)41(58)33(24)50)27-36(53)34(51)26(35(52)37(27)54)17-11-7-9-14-8-5-6-10-16(14)17/h1-2,5-11H,12-13,43-59H2/b29-19-,30-21-,31-20-. The van der Waals surface area contributed by atoms with Crippen LogP contribution in [0.2, 0.25) is 6.32 Å². The van der Waals surface area contributed by atoms with E-state index in [9.17, 15) is 0 Å². The van der Waals surface area contributed by atoms with Crippen LogP contribution in [-0.4, -0.2) is 133 Å². The SMILES string of the molecule is BC/C(B)=C(/B)c1c(B)c(B)c(B)c(C2=c3c(B)c(B)c(B)c(B)c3=C(c3c(B)c(B)c(-c4cccc5ccccc45)c(B)c3B)C/C2=C(B)\C(B)=C(\B)C#C)c1C#C. The molecule has 5 aromatic rings. The van der Waals surface area contributed by atoms with Crippen molar-refractivity contribution in [1.29, 1.82) is 0 Å². The maximum absolute atomic E-state index is 6.76. The van der Waals surface area contributed by atoms with E-state index in [0.717, 1.165) is 29.2 Å². The highest BCUT2D eigenvalue weighted by atomic mass is 14.3. The van der Waals surface area contributed by atoms with Crippen LogP contribution in [0.3, 0.4) is 0 Å². The van der Waals surface area contributed by atoms with E-state index in [1.165, 1.54) is 142 Å². The second kappa shape index (κ2) is 16.9. The van der Waals surface area contributed by atoms with Crippen LogP contribution >= 0.6 is 0 Å². The Balaban J connectivity index is 1.96. The third-order valence-corrected chi connectivity index (χ3v) is 15.0. The summed E-state index contributed by atoms with van der Waals surface area (Å²) in [6.07, 6.45) is 14.7. The molecule has 0 bridgehead atoms. The molecule has 0 N–H and O–H groups in total. The van der Waals surface area contributed by atoms with Crippen molar-refractivity contribution in [2.75, 3.05) is 0 Å². The summed E-state index contributed by atoms with van der Waals surface area (Å²) in [5.41, 5.74) is 31.8. The highest BCUT2D eigenvalue weighted by molar-refractivity contribution is 6.65. The zero-order valence-corrected chi connectivity index (χ0v) is 39.1. The van der Waals surface area contributed by atoms with E-state index in [1.807, 2.05) is 0 Å². The Kier molecular flexibility index (Phi) is 12.6. The zero-order valence-electron chi connectivity index (χ0n) is 39.1. The molecule has 266 valence electrons. The lowest BCUT2D eigenvalue weighted by Crippen LogP contribution is -2.66. The number of benzene rings is 5. The van der Waals surface area contributed by atoms with Gasteiger partial charge in [0.25, 0.3) is 0 Å². The largest absolute Gasteiger partial charge is 0.149 e. The van der Waals surface area contributed by atoms with E-state index in [4.69, 9.17) is 12.8 Å². The summed E-state index contributed by atoms with van der Waals surface area (Å²) in [6, 6.07) is 15.5. The molecule has 5 aromatic carbocycles. The van der Waals surface area contributed by atoms with Gasteiger partial charge in [0.1, 0.15) is 133 Å². The van der Waals surface area contributed by atoms with Crippen LogP contribution in [0.4, 0.5) is 0 Å². The van der Waals surface area contributed by atoms with Crippen molar-refractivity contribution in [3.63, 3.8) is 0 Å². The van der Waals surface area contributed by atoms with Gasteiger partial charge in [0.2, 0.25) is 0 Å². The van der Waals surface area contributed by atoms with Crippen LogP contribution < -0.4 is 70.5 Å². The first-order valence-electron chi connectivity index (χ1n) is 21.4. The fourth-order valence-electron chi connectivity index (χ4n) is 10.1. The number of hydrogen-bond acceptors (Lipinski definition) is 0. The molecule has 0 aromatic heterocycles. The van der Waals surface area contributed by atoms with E-state index in [1.54, 1.807) is 0 Å². The molecule has 17 heteroatoms. The molecular formula is C42H47B17. The van der Waals surface area contributed by atoms with Crippen molar-refractivity contribution in [2.45, 2.75) is 12.7 Å². The van der Waals surface area contributed by atoms with Gasteiger partial charge in [-0.25, -0.2) is 0 Å². The first-order valence-corrected chi connectivity index (χ1v) is 21.4. The smallest absolute Gasteiger partial charge is 0.123 e. The number of hydrogen-bond donors (Lipinski definition) is 0. The molecule has 0 atom stereocenters. The predicted molar refractivity (Wildman–Crippen MR) is 315 cm³/mol. The molecule has 0 nitrogen and oxygen atoms in total. The highest BCUT2D eigenvalue weighted by Gasteiger charge is 2.30. The summed E-state index contributed by atoms with van der Waals surface area (Å²) in [7, 11) is 38.8. The summed E-state index contributed by atoms with van der Waals surface area (Å²) in [6.45, 7) is 0. The van der Waals surface area contributed by atoms with Crippen LogP contribution in [0.15, 0.2) is 69.9 Å². The van der Waals surface area contributed by atoms with Crippen LogP contribution in [0.1, 0.15) is 28.7 Å². The van der Waals surface area contributed by atoms with Crippen LogP contribution in [0.25, 0.3) is 38.5 Å². The van der Waals surface area contributed by atoms with Crippen molar-refractivity contribution in [2.24, 2.45) is 0 Å². The third kappa shape index (κ3) is 7.00. The van der Waals surface area contributed by atoms with Crippen molar-refractivity contribution in [3.8, 4) is 35.8 Å². The maximum atomic E-state index is 6.76. The third-order valence-electron chi connectivity index (χ3n) is 15.0. The average molecular weight is 736 g/mol. The molecule has 1 aliphatic rings. The number of rotatable bonds is 6. The van der Waals surface area contributed by atoms with E-state index in [2.05, 4.69) is 188 Å². The van der Waals surface area contributed by atoms with Gasteiger partial charge in [-0.15, -0.1) is 34.7 Å². The van der Waals surface area contributed by atoms with Gasteiger partial charge in [-0.2, -0.15) is 0 Å².